The molecule has 22 heavy (non-hydrogen) atoms. The molecule has 0 unspecified atom stereocenters. The van der Waals surface area contributed by atoms with E-state index in [1.165, 1.54) is 18.6 Å². The van der Waals surface area contributed by atoms with E-state index in [0.29, 0.717) is 5.92 Å². The molecule has 3 N–H and O–H groups in total. The average Bonchev–Trinajstić information content (AvgIpc) is 2.46. The fraction of sp³-hybridized carbons (Fsp3) is 0.600. The number of benzene rings is 1. The molecule has 1 saturated carbocycles. The highest BCUT2D eigenvalue weighted by molar-refractivity contribution is 5.57. The Morgan fingerprint density at radius 1 is 1.27 bits per heavy atom. The summed E-state index contributed by atoms with van der Waals surface area (Å²) in [4.78, 5) is 12.8. The van der Waals surface area contributed by atoms with Gasteiger partial charge in [0.25, 0.3) is 0 Å². The van der Waals surface area contributed by atoms with E-state index >= 15 is 0 Å². The lowest BCUT2D eigenvalue weighted by atomic mass is 9.76. The third kappa shape index (κ3) is 2.74. The quantitative estimate of drug-likeness (QED) is 0.445. The van der Waals surface area contributed by atoms with Gasteiger partial charge in [0.15, 0.2) is 5.75 Å². The molecular weight excluding hydrogens is 286 g/mol. The Bertz CT molecular complexity index is 568. The summed E-state index contributed by atoms with van der Waals surface area (Å²) in [6.45, 7) is 3.57. The number of nitro groups is 1. The summed E-state index contributed by atoms with van der Waals surface area (Å²) in [5, 5.41) is 33.9. The Morgan fingerprint density at radius 3 is 2.50 bits per heavy atom. The number of hydrogen-bond donors (Lipinski definition) is 3. The van der Waals surface area contributed by atoms with Gasteiger partial charge in [0.05, 0.1) is 4.92 Å². The summed E-state index contributed by atoms with van der Waals surface area (Å²) < 4.78 is 0. The summed E-state index contributed by atoms with van der Waals surface area (Å²) in [6, 6.07) is 2.97. The Morgan fingerprint density at radius 2 is 1.95 bits per heavy atom. The van der Waals surface area contributed by atoms with E-state index in [1.54, 1.807) is 0 Å². The highest BCUT2D eigenvalue weighted by atomic mass is 16.6. The molecule has 3 rings (SSSR count). The zero-order chi connectivity index (χ0) is 15.7. The number of phenols is 2. The molecule has 2 aliphatic rings. The number of piperazine rings is 1. The normalized spacial score (nSPS) is 21.3. The van der Waals surface area contributed by atoms with Crippen LogP contribution >= 0.6 is 0 Å². The van der Waals surface area contributed by atoms with Crippen LogP contribution in [0.3, 0.4) is 0 Å². The molecule has 1 saturated heterocycles. The molecule has 0 bridgehead atoms. The average molecular weight is 307 g/mol. The van der Waals surface area contributed by atoms with Gasteiger partial charge < -0.3 is 15.5 Å². The van der Waals surface area contributed by atoms with Crippen LogP contribution in [0.15, 0.2) is 12.1 Å². The zero-order valence-corrected chi connectivity index (χ0v) is 12.4. The highest BCUT2D eigenvalue weighted by Gasteiger charge is 2.35. The molecule has 0 spiro atoms. The Kier molecular flexibility index (Phi) is 4.17. The molecule has 0 amide bonds. The van der Waals surface area contributed by atoms with Gasteiger partial charge in [0, 0.05) is 38.3 Å². The topological polar surface area (TPSA) is 98.9 Å². The Labute approximate surface area is 128 Å². The number of nitro benzene ring substituents is 1. The molecular formula is C15H21N3O4. The van der Waals surface area contributed by atoms with Crippen LogP contribution in [0.1, 0.15) is 30.9 Å². The third-order valence-corrected chi connectivity index (χ3v) is 4.77. The predicted octanol–water partition coefficient (Wildman–Crippen LogP) is 1.75. The lowest BCUT2D eigenvalue weighted by Gasteiger charge is -2.43. The lowest BCUT2D eigenvalue weighted by molar-refractivity contribution is -0.386. The van der Waals surface area contributed by atoms with Crippen LogP contribution < -0.4 is 5.32 Å². The number of hydrogen-bond acceptors (Lipinski definition) is 6. The molecule has 7 nitrogen and oxygen atoms in total. The molecule has 120 valence electrons. The van der Waals surface area contributed by atoms with Crippen LogP contribution in [0.2, 0.25) is 0 Å². The van der Waals surface area contributed by atoms with E-state index in [0.717, 1.165) is 44.6 Å². The minimum atomic E-state index is -0.651. The fourth-order valence-corrected chi connectivity index (χ4v) is 3.43. The molecule has 1 aliphatic carbocycles. The highest BCUT2D eigenvalue weighted by Crippen LogP contribution is 2.45. The Hall–Kier alpha value is -1.86. The van der Waals surface area contributed by atoms with Crippen molar-refractivity contribution in [2.45, 2.75) is 25.3 Å². The van der Waals surface area contributed by atoms with Gasteiger partial charge in [-0.05, 0) is 30.4 Å². The van der Waals surface area contributed by atoms with Crippen molar-refractivity contribution in [3.63, 3.8) is 0 Å². The molecule has 1 aromatic rings. The van der Waals surface area contributed by atoms with Gasteiger partial charge >= 0.3 is 5.69 Å². The minimum absolute atomic E-state index is 0.0704. The molecule has 1 atom stereocenters. The standard InChI is InChI=1S/C15H21N3O4/c19-13-9-11(8-12(15(13)20)18(21)22)14(10-2-1-3-10)17-6-4-16-5-7-17/h8-10,14,16,19-20H,1-7H2/t14-/m1/s1. The monoisotopic (exact) mass is 307 g/mol. The van der Waals surface area contributed by atoms with Gasteiger partial charge in [-0.2, -0.15) is 0 Å². The molecule has 0 radical (unpaired) electrons. The molecule has 1 aromatic carbocycles. The SMILES string of the molecule is O=[N+]([O-])c1cc([C@@H](C2CCC2)N2CCNCC2)cc(O)c1O. The second kappa shape index (κ2) is 6.10. The van der Waals surface area contributed by atoms with Crippen LogP contribution in [-0.2, 0) is 0 Å². The number of phenolic OH excluding ortho intramolecular Hbond substituents is 2. The van der Waals surface area contributed by atoms with E-state index in [9.17, 15) is 20.3 Å². The van der Waals surface area contributed by atoms with Gasteiger partial charge in [0.2, 0.25) is 5.75 Å². The summed E-state index contributed by atoms with van der Waals surface area (Å²) in [7, 11) is 0. The van der Waals surface area contributed by atoms with Crippen molar-refractivity contribution < 1.29 is 15.1 Å². The maximum atomic E-state index is 11.1. The second-order valence-electron chi connectivity index (χ2n) is 6.09. The number of nitrogens with one attached hydrogen (secondary N) is 1. The molecule has 1 heterocycles. The zero-order valence-electron chi connectivity index (χ0n) is 12.4. The van der Waals surface area contributed by atoms with Crippen molar-refractivity contribution in [2.75, 3.05) is 26.2 Å². The first-order valence-corrected chi connectivity index (χ1v) is 7.73. The van der Waals surface area contributed by atoms with E-state index in [-0.39, 0.29) is 6.04 Å². The van der Waals surface area contributed by atoms with Crippen LogP contribution in [0.25, 0.3) is 0 Å². The summed E-state index contributed by atoms with van der Waals surface area (Å²) in [6.07, 6.45) is 3.38. The molecule has 2 fully saturated rings. The third-order valence-electron chi connectivity index (χ3n) is 4.77. The van der Waals surface area contributed by atoms with Crippen LogP contribution in [-0.4, -0.2) is 46.2 Å². The first-order valence-electron chi connectivity index (χ1n) is 7.73. The van der Waals surface area contributed by atoms with Crippen molar-refractivity contribution in [2.24, 2.45) is 5.92 Å². The molecule has 0 aromatic heterocycles. The number of aromatic hydroxyl groups is 2. The van der Waals surface area contributed by atoms with Crippen molar-refractivity contribution >= 4 is 5.69 Å². The molecule has 7 heteroatoms. The van der Waals surface area contributed by atoms with Crippen molar-refractivity contribution in [3.8, 4) is 11.5 Å². The smallest absolute Gasteiger partial charge is 0.314 e. The molecule has 1 aliphatic heterocycles. The largest absolute Gasteiger partial charge is 0.504 e. The van der Waals surface area contributed by atoms with Crippen LogP contribution in [0.5, 0.6) is 11.5 Å². The van der Waals surface area contributed by atoms with Gasteiger partial charge in [-0.15, -0.1) is 0 Å². The summed E-state index contributed by atoms with van der Waals surface area (Å²) in [5.41, 5.74) is 0.308. The van der Waals surface area contributed by atoms with Crippen molar-refractivity contribution in [3.05, 3.63) is 27.8 Å². The predicted molar refractivity (Wildman–Crippen MR) is 81.0 cm³/mol. The number of rotatable bonds is 4. The van der Waals surface area contributed by atoms with E-state index in [4.69, 9.17) is 0 Å². The maximum absolute atomic E-state index is 11.1. The van der Waals surface area contributed by atoms with E-state index in [1.807, 2.05) is 0 Å². The number of nitrogens with zero attached hydrogens (tertiary/aromatic N) is 2. The van der Waals surface area contributed by atoms with Crippen molar-refractivity contribution in [1.29, 1.82) is 0 Å². The van der Waals surface area contributed by atoms with E-state index < -0.39 is 22.1 Å². The summed E-state index contributed by atoms with van der Waals surface area (Å²) >= 11 is 0. The maximum Gasteiger partial charge on any atom is 0.314 e. The van der Waals surface area contributed by atoms with Gasteiger partial charge in [-0.25, -0.2) is 0 Å². The van der Waals surface area contributed by atoms with E-state index in [2.05, 4.69) is 10.2 Å². The fourth-order valence-electron chi connectivity index (χ4n) is 3.43. The lowest BCUT2D eigenvalue weighted by Crippen LogP contribution is -2.47. The van der Waals surface area contributed by atoms with Gasteiger partial charge in [-0.3, -0.25) is 15.0 Å². The van der Waals surface area contributed by atoms with Crippen LogP contribution in [0.4, 0.5) is 5.69 Å². The second-order valence-corrected chi connectivity index (χ2v) is 6.09. The first kappa shape index (κ1) is 15.1. The van der Waals surface area contributed by atoms with Gasteiger partial charge in [-0.1, -0.05) is 6.42 Å². The Balaban J connectivity index is 1.98. The summed E-state index contributed by atoms with van der Waals surface area (Å²) in [5.74, 6) is -0.605. The van der Waals surface area contributed by atoms with Crippen molar-refractivity contribution in [1.82, 2.24) is 10.2 Å². The van der Waals surface area contributed by atoms with Gasteiger partial charge in [0.1, 0.15) is 0 Å². The first-order chi connectivity index (χ1) is 10.6. The van der Waals surface area contributed by atoms with Crippen LogP contribution in [0, 0.1) is 16.0 Å². The minimum Gasteiger partial charge on any atom is -0.504 e.